The van der Waals surface area contributed by atoms with Gasteiger partial charge in [-0.25, -0.2) is 4.98 Å². The van der Waals surface area contributed by atoms with Crippen LogP contribution in [-0.2, 0) is 6.54 Å². The number of hydrogen-bond acceptors (Lipinski definition) is 4. The summed E-state index contributed by atoms with van der Waals surface area (Å²) in [6.07, 6.45) is 6.62. The third-order valence-electron chi connectivity index (χ3n) is 4.76. The van der Waals surface area contributed by atoms with Crippen molar-refractivity contribution in [3.63, 3.8) is 0 Å². The van der Waals surface area contributed by atoms with E-state index < -0.39 is 0 Å². The van der Waals surface area contributed by atoms with Crippen molar-refractivity contribution in [2.24, 2.45) is 0 Å². The van der Waals surface area contributed by atoms with Crippen LogP contribution in [-0.4, -0.2) is 39.0 Å². The number of piperazine rings is 1. The van der Waals surface area contributed by atoms with Gasteiger partial charge in [0.05, 0.1) is 5.69 Å². The molecule has 3 rings (SSSR count). The summed E-state index contributed by atoms with van der Waals surface area (Å²) in [6, 6.07) is 0.570. The van der Waals surface area contributed by atoms with Crippen molar-refractivity contribution < 1.29 is 0 Å². The molecule has 0 radical (unpaired) electrons. The van der Waals surface area contributed by atoms with E-state index in [0.717, 1.165) is 24.6 Å². The van der Waals surface area contributed by atoms with Gasteiger partial charge in [-0.2, -0.15) is 0 Å². The van der Waals surface area contributed by atoms with Gasteiger partial charge in [0.15, 0.2) is 4.96 Å². The molecule has 5 heteroatoms. The van der Waals surface area contributed by atoms with Crippen molar-refractivity contribution in [2.45, 2.75) is 51.7 Å². The number of fused-ring (bicyclic) bond motifs is 1. The van der Waals surface area contributed by atoms with Gasteiger partial charge in [0.1, 0.15) is 0 Å². The van der Waals surface area contributed by atoms with Gasteiger partial charge in [0, 0.05) is 49.0 Å². The van der Waals surface area contributed by atoms with Crippen LogP contribution in [0.4, 0.5) is 0 Å². The maximum atomic E-state index is 4.72. The highest BCUT2D eigenvalue weighted by molar-refractivity contribution is 7.15. The highest BCUT2D eigenvalue weighted by Gasteiger charge is 2.35. The molecule has 0 bridgehead atoms. The Bertz CT molecular complexity index is 541. The lowest BCUT2D eigenvalue weighted by atomic mass is 9.88. The van der Waals surface area contributed by atoms with Gasteiger partial charge in [-0.05, 0) is 19.8 Å². The summed E-state index contributed by atoms with van der Waals surface area (Å²) in [5.41, 5.74) is 1.47. The lowest BCUT2D eigenvalue weighted by molar-refractivity contribution is 0.0737. The van der Waals surface area contributed by atoms with Crippen molar-refractivity contribution in [3.8, 4) is 0 Å². The van der Waals surface area contributed by atoms with Crippen LogP contribution in [0.15, 0.2) is 17.8 Å². The summed E-state index contributed by atoms with van der Waals surface area (Å²) in [5.74, 6) is 0. The van der Waals surface area contributed by atoms with Gasteiger partial charge in [-0.15, -0.1) is 11.3 Å². The number of rotatable bonds is 4. The van der Waals surface area contributed by atoms with Crippen LogP contribution < -0.4 is 5.32 Å². The Hall–Kier alpha value is -0.910. The Morgan fingerprint density at radius 1 is 1.45 bits per heavy atom. The zero-order valence-corrected chi connectivity index (χ0v) is 13.4. The van der Waals surface area contributed by atoms with Crippen LogP contribution in [0.1, 0.15) is 39.3 Å². The molecule has 1 fully saturated rings. The standard InChI is InChI=1S/C15H24N4S/c1-4-15(5-2)11-19(12(3)8-16-15)10-13-9-18-6-7-20-14(18)17-13/h6-7,9,12,16H,4-5,8,10-11H2,1-3H3. The SMILES string of the molecule is CCC1(CC)CN(Cc2cn3ccsc3n2)C(C)CN1. The highest BCUT2D eigenvalue weighted by Crippen LogP contribution is 2.24. The Morgan fingerprint density at radius 3 is 2.95 bits per heavy atom. The lowest BCUT2D eigenvalue weighted by Gasteiger charge is -2.46. The fourth-order valence-electron chi connectivity index (χ4n) is 3.09. The topological polar surface area (TPSA) is 32.6 Å². The molecule has 3 heterocycles. The second-order valence-electron chi connectivity index (χ2n) is 5.95. The van der Waals surface area contributed by atoms with E-state index >= 15 is 0 Å². The van der Waals surface area contributed by atoms with Crippen LogP contribution in [0.2, 0.25) is 0 Å². The van der Waals surface area contributed by atoms with Crippen LogP contribution >= 0.6 is 11.3 Å². The lowest BCUT2D eigenvalue weighted by Crippen LogP contribution is -2.62. The Kier molecular flexibility index (Phi) is 3.84. The van der Waals surface area contributed by atoms with Crippen LogP contribution in [0.25, 0.3) is 4.96 Å². The van der Waals surface area contributed by atoms with Crippen molar-refractivity contribution >= 4 is 16.3 Å². The monoisotopic (exact) mass is 292 g/mol. The molecule has 1 unspecified atom stereocenters. The van der Waals surface area contributed by atoms with Gasteiger partial charge in [0.25, 0.3) is 0 Å². The molecule has 2 aromatic rings. The van der Waals surface area contributed by atoms with Crippen molar-refractivity contribution in [3.05, 3.63) is 23.5 Å². The first-order valence-corrected chi connectivity index (χ1v) is 8.44. The fourth-order valence-corrected chi connectivity index (χ4v) is 3.81. The smallest absolute Gasteiger partial charge is 0.193 e. The molecule has 2 aromatic heterocycles. The van der Waals surface area contributed by atoms with Crippen LogP contribution in [0.5, 0.6) is 0 Å². The maximum absolute atomic E-state index is 4.72. The van der Waals surface area contributed by atoms with E-state index in [-0.39, 0.29) is 5.54 Å². The molecule has 20 heavy (non-hydrogen) atoms. The van der Waals surface area contributed by atoms with Gasteiger partial charge in [-0.3, -0.25) is 9.30 Å². The number of thiazole rings is 1. The van der Waals surface area contributed by atoms with Crippen molar-refractivity contribution in [1.82, 2.24) is 19.6 Å². The molecule has 1 N–H and O–H groups in total. The summed E-state index contributed by atoms with van der Waals surface area (Å²) in [7, 11) is 0. The number of nitrogens with one attached hydrogen (secondary N) is 1. The second-order valence-corrected chi connectivity index (χ2v) is 6.82. The first-order chi connectivity index (χ1) is 9.65. The predicted molar refractivity (Wildman–Crippen MR) is 84.3 cm³/mol. The zero-order valence-electron chi connectivity index (χ0n) is 12.6. The Morgan fingerprint density at radius 2 is 2.25 bits per heavy atom. The summed E-state index contributed by atoms with van der Waals surface area (Å²) in [4.78, 5) is 8.40. The van der Waals surface area contributed by atoms with E-state index in [1.54, 1.807) is 11.3 Å². The van der Waals surface area contributed by atoms with Gasteiger partial charge in [0.2, 0.25) is 0 Å². The van der Waals surface area contributed by atoms with Gasteiger partial charge < -0.3 is 5.32 Å². The number of hydrogen-bond donors (Lipinski definition) is 1. The van der Waals surface area contributed by atoms with Crippen LogP contribution in [0, 0.1) is 0 Å². The minimum absolute atomic E-state index is 0.281. The Balaban J connectivity index is 1.76. The molecule has 0 aromatic carbocycles. The van der Waals surface area contributed by atoms with E-state index in [2.05, 4.69) is 53.2 Å². The second kappa shape index (κ2) is 5.47. The molecule has 0 aliphatic carbocycles. The summed E-state index contributed by atoms with van der Waals surface area (Å²) in [5, 5.41) is 5.84. The van der Waals surface area contributed by atoms with E-state index in [4.69, 9.17) is 4.98 Å². The summed E-state index contributed by atoms with van der Waals surface area (Å²) < 4.78 is 2.12. The quantitative estimate of drug-likeness (QED) is 0.940. The molecule has 1 saturated heterocycles. The maximum Gasteiger partial charge on any atom is 0.193 e. The first kappa shape index (κ1) is 14.0. The molecular formula is C15H24N4S. The van der Waals surface area contributed by atoms with Gasteiger partial charge in [-0.1, -0.05) is 13.8 Å². The highest BCUT2D eigenvalue weighted by atomic mass is 32.1. The third-order valence-corrected chi connectivity index (χ3v) is 5.53. The summed E-state index contributed by atoms with van der Waals surface area (Å²) in [6.45, 7) is 10.0. The average Bonchev–Trinajstić information content (AvgIpc) is 3.03. The van der Waals surface area contributed by atoms with E-state index in [1.165, 1.54) is 18.5 Å². The molecule has 0 amide bonds. The number of aromatic nitrogens is 2. The van der Waals surface area contributed by atoms with Crippen molar-refractivity contribution in [2.75, 3.05) is 13.1 Å². The first-order valence-electron chi connectivity index (χ1n) is 7.56. The molecule has 0 saturated carbocycles. The zero-order chi connectivity index (χ0) is 14.2. The minimum atomic E-state index is 0.281. The van der Waals surface area contributed by atoms with Gasteiger partial charge >= 0.3 is 0 Å². The normalized spacial score (nSPS) is 23.4. The van der Waals surface area contributed by atoms with E-state index in [1.807, 2.05) is 0 Å². The largest absolute Gasteiger partial charge is 0.308 e. The minimum Gasteiger partial charge on any atom is -0.308 e. The van der Waals surface area contributed by atoms with E-state index in [0.29, 0.717) is 6.04 Å². The van der Waals surface area contributed by atoms with Crippen molar-refractivity contribution in [1.29, 1.82) is 0 Å². The molecular weight excluding hydrogens is 268 g/mol. The third kappa shape index (κ3) is 2.50. The molecule has 0 spiro atoms. The number of nitrogens with zero attached hydrogens (tertiary/aromatic N) is 3. The average molecular weight is 292 g/mol. The molecule has 4 nitrogen and oxygen atoms in total. The fraction of sp³-hybridized carbons (Fsp3) is 0.667. The number of imidazole rings is 1. The molecule has 1 aliphatic heterocycles. The van der Waals surface area contributed by atoms with Crippen LogP contribution in [0.3, 0.4) is 0 Å². The predicted octanol–water partition coefficient (Wildman–Crippen LogP) is 2.75. The van der Waals surface area contributed by atoms with E-state index in [9.17, 15) is 0 Å². The molecule has 110 valence electrons. The molecule has 1 aliphatic rings. The molecule has 1 atom stereocenters. The Labute approximate surface area is 124 Å². The summed E-state index contributed by atoms with van der Waals surface area (Å²) >= 11 is 1.70.